The molecule has 8 heteroatoms. The molecule has 2 rings (SSSR count). The van der Waals surface area contributed by atoms with E-state index in [1.165, 1.54) is 36.4 Å². The van der Waals surface area contributed by atoms with Gasteiger partial charge in [-0.1, -0.05) is 0 Å². The fraction of sp³-hybridized carbons (Fsp3) is 0.278. The third-order valence-corrected chi connectivity index (χ3v) is 3.29. The third kappa shape index (κ3) is 7.00. The molecule has 1 amide bonds. The lowest BCUT2D eigenvalue weighted by atomic mass is 10.2. The molecule has 1 N–H and O–H groups in total. The molecule has 0 aliphatic rings. The largest absolute Gasteiger partial charge is 0.573 e. The maximum atomic E-state index is 12.7. The lowest BCUT2D eigenvalue weighted by Gasteiger charge is -2.10. The standard InChI is InChI=1S/C18H17F4NO3/c19-14-5-9-15(10-6-14)25-12-2-1-11-23-17(24)13-3-7-16(8-4-13)26-18(20,21)22/h3-10H,1-2,11-12H2,(H,23,24). The summed E-state index contributed by atoms with van der Waals surface area (Å²) in [6.45, 7) is 0.817. The molecule has 0 spiro atoms. The number of alkyl halides is 3. The van der Waals surface area contributed by atoms with E-state index in [1.807, 2.05) is 0 Å². The van der Waals surface area contributed by atoms with Crippen molar-refractivity contribution < 1.29 is 31.8 Å². The molecule has 26 heavy (non-hydrogen) atoms. The first-order valence-corrected chi connectivity index (χ1v) is 7.86. The van der Waals surface area contributed by atoms with Gasteiger partial charge < -0.3 is 14.8 Å². The summed E-state index contributed by atoms with van der Waals surface area (Å²) in [5.74, 6) is -0.537. The number of carbonyl (C=O) groups is 1. The van der Waals surface area contributed by atoms with Crippen LogP contribution in [-0.2, 0) is 0 Å². The maximum Gasteiger partial charge on any atom is 0.573 e. The van der Waals surface area contributed by atoms with E-state index >= 15 is 0 Å². The molecule has 4 nitrogen and oxygen atoms in total. The molecule has 0 fully saturated rings. The van der Waals surface area contributed by atoms with Gasteiger partial charge in [-0.2, -0.15) is 0 Å². The summed E-state index contributed by atoms with van der Waals surface area (Å²) < 4.78 is 58.1. The second-order valence-electron chi connectivity index (χ2n) is 5.34. The van der Waals surface area contributed by atoms with Crippen molar-refractivity contribution in [1.29, 1.82) is 0 Å². The molecule has 0 unspecified atom stereocenters. The first kappa shape index (κ1) is 19.6. The van der Waals surface area contributed by atoms with Gasteiger partial charge in [0.05, 0.1) is 6.61 Å². The number of carbonyl (C=O) groups excluding carboxylic acids is 1. The van der Waals surface area contributed by atoms with Crippen LogP contribution in [0.25, 0.3) is 0 Å². The zero-order valence-corrected chi connectivity index (χ0v) is 13.7. The number of unbranched alkanes of at least 4 members (excludes halogenated alkanes) is 1. The van der Waals surface area contributed by atoms with Crippen LogP contribution in [0.4, 0.5) is 17.6 Å². The summed E-state index contributed by atoms with van der Waals surface area (Å²) in [6, 6.07) is 10.4. The maximum absolute atomic E-state index is 12.7. The SMILES string of the molecule is O=C(NCCCCOc1ccc(F)cc1)c1ccc(OC(F)(F)F)cc1. The molecule has 2 aromatic carbocycles. The van der Waals surface area contributed by atoms with Crippen molar-refractivity contribution in [1.82, 2.24) is 5.32 Å². The van der Waals surface area contributed by atoms with Crippen LogP contribution in [-0.4, -0.2) is 25.4 Å². The average Bonchev–Trinajstić information content (AvgIpc) is 2.58. The van der Waals surface area contributed by atoms with Crippen molar-refractivity contribution in [3.05, 3.63) is 59.9 Å². The van der Waals surface area contributed by atoms with E-state index in [0.29, 0.717) is 31.7 Å². The summed E-state index contributed by atoms with van der Waals surface area (Å²) in [5, 5.41) is 2.67. The molecule has 0 radical (unpaired) electrons. The van der Waals surface area contributed by atoms with Crippen LogP contribution in [0.15, 0.2) is 48.5 Å². The van der Waals surface area contributed by atoms with Crippen LogP contribution >= 0.6 is 0 Å². The zero-order chi connectivity index (χ0) is 19.0. The Bertz CT molecular complexity index is 700. The number of ether oxygens (including phenoxy) is 2. The molecule has 0 aliphatic heterocycles. The summed E-state index contributed by atoms with van der Waals surface area (Å²) in [5.41, 5.74) is 0.238. The van der Waals surface area contributed by atoms with E-state index in [4.69, 9.17) is 4.74 Å². The van der Waals surface area contributed by atoms with E-state index in [1.54, 1.807) is 0 Å². The predicted octanol–water partition coefficient (Wildman–Crippen LogP) is 4.31. The summed E-state index contributed by atoms with van der Waals surface area (Å²) >= 11 is 0. The van der Waals surface area contributed by atoms with E-state index in [9.17, 15) is 22.4 Å². The number of hydrogen-bond donors (Lipinski definition) is 1. The number of amides is 1. The highest BCUT2D eigenvalue weighted by Gasteiger charge is 2.31. The average molecular weight is 371 g/mol. The number of rotatable bonds is 8. The fourth-order valence-corrected chi connectivity index (χ4v) is 2.06. The van der Waals surface area contributed by atoms with Crippen LogP contribution in [0.3, 0.4) is 0 Å². The predicted molar refractivity (Wildman–Crippen MR) is 86.6 cm³/mol. The minimum atomic E-state index is -4.76. The van der Waals surface area contributed by atoms with Gasteiger partial charge in [0.25, 0.3) is 5.91 Å². The van der Waals surface area contributed by atoms with Crippen molar-refractivity contribution >= 4 is 5.91 Å². The van der Waals surface area contributed by atoms with Gasteiger partial charge in [0.15, 0.2) is 0 Å². The molecule has 0 heterocycles. The quantitative estimate of drug-likeness (QED) is 0.556. The highest BCUT2D eigenvalue weighted by atomic mass is 19.4. The lowest BCUT2D eigenvalue weighted by Crippen LogP contribution is -2.24. The Balaban J connectivity index is 1.64. The molecule has 2 aromatic rings. The summed E-state index contributed by atoms with van der Waals surface area (Å²) in [7, 11) is 0. The van der Waals surface area contributed by atoms with Crippen molar-refractivity contribution in [2.45, 2.75) is 19.2 Å². The smallest absolute Gasteiger partial charge is 0.494 e. The van der Waals surface area contributed by atoms with Crippen molar-refractivity contribution in [3.63, 3.8) is 0 Å². The van der Waals surface area contributed by atoms with Gasteiger partial charge >= 0.3 is 6.36 Å². The molecule has 0 bridgehead atoms. The number of benzene rings is 2. The van der Waals surface area contributed by atoms with Gasteiger partial charge in [-0.05, 0) is 61.4 Å². The monoisotopic (exact) mass is 371 g/mol. The second kappa shape index (κ2) is 9.07. The summed E-state index contributed by atoms with van der Waals surface area (Å²) in [6.07, 6.45) is -3.43. The normalized spacial score (nSPS) is 11.1. The Hall–Kier alpha value is -2.77. The second-order valence-corrected chi connectivity index (χ2v) is 5.34. The molecule has 0 aromatic heterocycles. The molecule has 0 atom stereocenters. The van der Waals surface area contributed by atoms with E-state index in [0.717, 1.165) is 12.1 Å². The topological polar surface area (TPSA) is 47.6 Å². The minimum absolute atomic E-state index is 0.238. The highest BCUT2D eigenvalue weighted by molar-refractivity contribution is 5.94. The van der Waals surface area contributed by atoms with Crippen molar-refractivity contribution in [2.24, 2.45) is 0 Å². The van der Waals surface area contributed by atoms with Crippen LogP contribution in [0.5, 0.6) is 11.5 Å². The Labute approximate surface area is 147 Å². The summed E-state index contributed by atoms with van der Waals surface area (Å²) in [4.78, 5) is 11.9. The number of halogens is 4. The molecular weight excluding hydrogens is 354 g/mol. The van der Waals surface area contributed by atoms with Crippen LogP contribution in [0, 0.1) is 5.82 Å². The third-order valence-electron chi connectivity index (χ3n) is 3.29. The minimum Gasteiger partial charge on any atom is -0.494 e. The molecule has 0 saturated heterocycles. The van der Waals surface area contributed by atoms with Gasteiger partial charge in [-0.25, -0.2) is 4.39 Å². The van der Waals surface area contributed by atoms with Gasteiger partial charge in [0, 0.05) is 12.1 Å². The molecule has 140 valence electrons. The molecular formula is C18H17F4NO3. The Morgan fingerprint density at radius 1 is 0.923 bits per heavy atom. The lowest BCUT2D eigenvalue weighted by molar-refractivity contribution is -0.274. The molecule has 0 aliphatic carbocycles. The highest BCUT2D eigenvalue weighted by Crippen LogP contribution is 2.22. The van der Waals surface area contributed by atoms with Gasteiger partial charge in [0.2, 0.25) is 0 Å². The van der Waals surface area contributed by atoms with Gasteiger partial charge in [-0.15, -0.1) is 13.2 Å². The number of nitrogens with one attached hydrogen (secondary N) is 1. The Morgan fingerprint density at radius 2 is 1.54 bits per heavy atom. The number of hydrogen-bond acceptors (Lipinski definition) is 3. The van der Waals surface area contributed by atoms with Crippen LogP contribution in [0.2, 0.25) is 0 Å². The first-order valence-electron chi connectivity index (χ1n) is 7.86. The Kier molecular flexibility index (Phi) is 6.82. The van der Waals surface area contributed by atoms with Crippen LogP contribution in [0.1, 0.15) is 23.2 Å². The van der Waals surface area contributed by atoms with E-state index < -0.39 is 6.36 Å². The fourth-order valence-electron chi connectivity index (χ4n) is 2.06. The van der Waals surface area contributed by atoms with E-state index in [-0.39, 0.29) is 23.0 Å². The van der Waals surface area contributed by atoms with Crippen LogP contribution < -0.4 is 14.8 Å². The van der Waals surface area contributed by atoms with E-state index in [2.05, 4.69) is 10.1 Å². The van der Waals surface area contributed by atoms with Crippen molar-refractivity contribution in [3.8, 4) is 11.5 Å². The Morgan fingerprint density at radius 3 is 2.15 bits per heavy atom. The molecule has 0 saturated carbocycles. The van der Waals surface area contributed by atoms with Gasteiger partial charge in [0.1, 0.15) is 17.3 Å². The van der Waals surface area contributed by atoms with Crippen molar-refractivity contribution in [2.75, 3.05) is 13.2 Å². The first-order chi connectivity index (χ1) is 12.3. The zero-order valence-electron chi connectivity index (χ0n) is 13.7. The van der Waals surface area contributed by atoms with Gasteiger partial charge in [-0.3, -0.25) is 4.79 Å².